The summed E-state index contributed by atoms with van der Waals surface area (Å²) in [6.45, 7) is 2.52. The standard InChI is InChI=1S/C27H28O4/c1-20-9-6-7-14-24(20)25(15-16-26(28)30-2)27(29)22-12-8-13-23(19-22)31-18-17-21-10-4-3-5-11-21/h3-14,19,25H,15-18H2,1-2H3. The smallest absolute Gasteiger partial charge is 0.305 e. The fourth-order valence-electron chi connectivity index (χ4n) is 3.64. The van der Waals surface area contributed by atoms with Gasteiger partial charge in [-0.1, -0.05) is 66.7 Å². The molecule has 0 N–H and O–H groups in total. The predicted molar refractivity (Wildman–Crippen MR) is 122 cm³/mol. The van der Waals surface area contributed by atoms with E-state index in [1.54, 1.807) is 12.1 Å². The molecule has 3 rings (SSSR count). The molecule has 4 nitrogen and oxygen atoms in total. The summed E-state index contributed by atoms with van der Waals surface area (Å²) >= 11 is 0. The first-order valence-electron chi connectivity index (χ1n) is 10.5. The Morgan fingerprint density at radius 1 is 0.903 bits per heavy atom. The molecule has 31 heavy (non-hydrogen) atoms. The number of rotatable bonds is 10. The molecule has 160 valence electrons. The van der Waals surface area contributed by atoms with Crippen LogP contribution in [0, 0.1) is 6.92 Å². The zero-order valence-electron chi connectivity index (χ0n) is 18.0. The van der Waals surface area contributed by atoms with Crippen molar-refractivity contribution in [2.45, 2.75) is 32.1 Å². The molecule has 0 radical (unpaired) electrons. The average Bonchev–Trinajstić information content (AvgIpc) is 2.81. The number of carbonyl (C=O) groups is 2. The van der Waals surface area contributed by atoms with Gasteiger partial charge in [0.15, 0.2) is 5.78 Å². The van der Waals surface area contributed by atoms with Crippen LogP contribution in [0.1, 0.15) is 45.8 Å². The van der Waals surface area contributed by atoms with E-state index in [4.69, 9.17) is 9.47 Å². The van der Waals surface area contributed by atoms with Crippen LogP contribution in [0.15, 0.2) is 78.9 Å². The van der Waals surface area contributed by atoms with Gasteiger partial charge in [0.05, 0.1) is 13.7 Å². The first-order valence-corrected chi connectivity index (χ1v) is 10.5. The lowest BCUT2D eigenvalue weighted by Gasteiger charge is -2.18. The lowest BCUT2D eigenvalue weighted by Crippen LogP contribution is -2.16. The highest BCUT2D eigenvalue weighted by Gasteiger charge is 2.24. The lowest BCUT2D eigenvalue weighted by molar-refractivity contribution is -0.140. The summed E-state index contributed by atoms with van der Waals surface area (Å²) in [4.78, 5) is 25.2. The minimum atomic E-state index is -0.417. The van der Waals surface area contributed by atoms with Gasteiger partial charge in [0.2, 0.25) is 0 Å². The van der Waals surface area contributed by atoms with Crippen molar-refractivity contribution in [1.29, 1.82) is 0 Å². The molecule has 3 aromatic carbocycles. The zero-order valence-corrected chi connectivity index (χ0v) is 18.0. The third kappa shape index (κ3) is 6.29. The number of carbonyl (C=O) groups excluding carboxylic acids is 2. The average molecular weight is 417 g/mol. The Hall–Kier alpha value is -3.40. The summed E-state index contributed by atoms with van der Waals surface area (Å²) in [6.07, 6.45) is 1.38. The van der Waals surface area contributed by atoms with Gasteiger partial charge in [-0.25, -0.2) is 0 Å². The van der Waals surface area contributed by atoms with Crippen molar-refractivity contribution in [3.05, 3.63) is 101 Å². The van der Waals surface area contributed by atoms with Gasteiger partial charge < -0.3 is 9.47 Å². The van der Waals surface area contributed by atoms with Crippen molar-refractivity contribution >= 4 is 11.8 Å². The summed E-state index contributed by atoms with van der Waals surface area (Å²) in [7, 11) is 1.36. The van der Waals surface area contributed by atoms with Crippen molar-refractivity contribution in [3.63, 3.8) is 0 Å². The number of esters is 1. The quantitative estimate of drug-likeness (QED) is 0.322. The third-order valence-electron chi connectivity index (χ3n) is 5.37. The van der Waals surface area contributed by atoms with E-state index in [1.165, 1.54) is 12.7 Å². The van der Waals surface area contributed by atoms with E-state index < -0.39 is 5.92 Å². The van der Waals surface area contributed by atoms with Crippen molar-refractivity contribution in [1.82, 2.24) is 0 Å². The SMILES string of the molecule is COC(=O)CCC(C(=O)c1cccc(OCCc2ccccc2)c1)c1ccccc1C. The predicted octanol–water partition coefficient (Wildman–Crippen LogP) is 5.54. The summed E-state index contributed by atoms with van der Waals surface area (Å²) in [5.74, 6) is -0.0887. The molecule has 0 fully saturated rings. The number of methoxy groups -OCH3 is 1. The van der Waals surface area contributed by atoms with Crippen molar-refractivity contribution in [2.24, 2.45) is 0 Å². The van der Waals surface area contributed by atoms with Crippen LogP contribution >= 0.6 is 0 Å². The van der Waals surface area contributed by atoms with Crippen LogP contribution in [0.4, 0.5) is 0 Å². The molecule has 0 saturated carbocycles. The highest BCUT2D eigenvalue weighted by molar-refractivity contribution is 6.01. The number of hydrogen-bond donors (Lipinski definition) is 0. The minimum Gasteiger partial charge on any atom is -0.493 e. The number of ketones is 1. The molecule has 1 atom stereocenters. The summed E-state index contributed by atoms with van der Waals surface area (Å²) < 4.78 is 10.7. The van der Waals surface area contributed by atoms with Crippen LogP contribution in [-0.2, 0) is 16.0 Å². The normalized spacial score (nSPS) is 11.5. The number of benzene rings is 3. The molecule has 1 unspecified atom stereocenters. The number of aryl methyl sites for hydroxylation is 1. The second-order valence-electron chi connectivity index (χ2n) is 7.50. The first kappa shape index (κ1) is 22.3. The molecular weight excluding hydrogens is 388 g/mol. The van der Waals surface area contributed by atoms with Gasteiger partial charge in [-0.2, -0.15) is 0 Å². The molecule has 4 heteroatoms. The highest BCUT2D eigenvalue weighted by atomic mass is 16.5. The van der Waals surface area contributed by atoms with Crippen LogP contribution in [0.3, 0.4) is 0 Å². The first-order chi connectivity index (χ1) is 15.1. The van der Waals surface area contributed by atoms with Crippen LogP contribution in [0.5, 0.6) is 5.75 Å². The fourth-order valence-corrected chi connectivity index (χ4v) is 3.64. The number of hydrogen-bond acceptors (Lipinski definition) is 4. The monoisotopic (exact) mass is 416 g/mol. The molecule has 0 saturated heterocycles. The second kappa shape index (κ2) is 11.1. The molecule has 0 aliphatic rings. The van der Waals surface area contributed by atoms with Crippen molar-refractivity contribution in [2.75, 3.05) is 13.7 Å². The minimum absolute atomic E-state index is 0.0216. The van der Waals surface area contributed by atoms with E-state index in [0.29, 0.717) is 24.3 Å². The summed E-state index contributed by atoms with van der Waals surface area (Å²) in [5.41, 5.74) is 3.75. The molecule has 0 aliphatic heterocycles. The van der Waals surface area contributed by atoms with Crippen LogP contribution in [0.25, 0.3) is 0 Å². The maximum atomic E-state index is 13.4. The van der Waals surface area contributed by atoms with E-state index >= 15 is 0 Å². The van der Waals surface area contributed by atoms with Gasteiger partial charge >= 0.3 is 5.97 Å². The van der Waals surface area contributed by atoms with Crippen LogP contribution in [0.2, 0.25) is 0 Å². The molecule has 0 amide bonds. The van der Waals surface area contributed by atoms with E-state index in [9.17, 15) is 9.59 Å². The number of Topliss-reactive ketones (excluding diaryl/α,β-unsaturated/α-hetero) is 1. The maximum absolute atomic E-state index is 13.4. The highest BCUT2D eigenvalue weighted by Crippen LogP contribution is 2.29. The van der Waals surface area contributed by atoms with Gasteiger partial charge in [0.1, 0.15) is 5.75 Å². The van der Waals surface area contributed by atoms with E-state index in [0.717, 1.165) is 17.5 Å². The Kier molecular flexibility index (Phi) is 7.99. The number of ether oxygens (including phenoxy) is 2. The third-order valence-corrected chi connectivity index (χ3v) is 5.37. The largest absolute Gasteiger partial charge is 0.493 e. The molecule has 0 bridgehead atoms. The molecular formula is C27H28O4. The topological polar surface area (TPSA) is 52.6 Å². The molecule has 0 aliphatic carbocycles. The van der Waals surface area contributed by atoms with Gasteiger partial charge in [-0.15, -0.1) is 0 Å². The second-order valence-corrected chi connectivity index (χ2v) is 7.50. The van der Waals surface area contributed by atoms with E-state index in [2.05, 4.69) is 12.1 Å². The Labute approximate surface area is 183 Å². The Morgan fingerprint density at radius 3 is 2.39 bits per heavy atom. The van der Waals surface area contributed by atoms with Gasteiger partial charge in [0.25, 0.3) is 0 Å². The lowest BCUT2D eigenvalue weighted by atomic mass is 9.85. The Bertz CT molecular complexity index is 1010. The van der Waals surface area contributed by atoms with Gasteiger partial charge in [-0.3, -0.25) is 9.59 Å². The maximum Gasteiger partial charge on any atom is 0.305 e. The van der Waals surface area contributed by atoms with Crippen LogP contribution < -0.4 is 4.74 Å². The van der Waals surface area contributed by atoms with Crippen LogP contribution in [-0.4, -0.2) is 25.5 Å². The zero-order chi connectivity index (χ0) is 22.1. The van der Waals surface area contributed by atoms with Crippen molar-refractivity contribution < 1.29 is 19.1 Å². The molecule has 0 aromatic heterocycles. The molecule has 3 aromatic rings. The van der Waals surface area contributed by atoms with Gasteiger partial charge in [-0.05, 0) is 42.2 Å². The van der Waals surface area contributed by atoms with E-state index in [-0.39, 0.29) is 18.2 Å². The van der Waals surface area contributed by atoms with Gasteiger partial charge in [0, 0.05) is 24.3 Å². The Morgan fingerprint density at radius 2 is 1.65 bits per heavy atom. The summed E-state index contributed by atoms with van der Waals surface area (Å²) in [6, 6.07) is 25.2. The Balaban J connectivity index is 1.75. The fraction of sp³-hybridized carbons (Fsp3) is 0.259. The molecule has 0 spiro atoms. The molecule has 0 heterocycles. The van der Waals surface area contributed by atoms with Crippen molar-refractivity contribution in [3.8, 4) is 5.75 Å². The summed E-state index contributed by atoms with van der Waals surface area (Å²) in [5, 5.41) is 0. The van der Waals surface area contributed by atoms with E-state index in [1.807, 2.05) is 61.5 Å².